The molecular weight excluding hydrogens is 339 g/mol. The van der Waals surface area contributed by atoms with Crippen LogP contribution in [0.5, 0.6) is 0 Å². The molecule has 2 aromatic rings. The number of nitrogens with one attached hydrogen (secondary N) is 1. The second-order valence-electron chi connectivity index (χ2n) is 6.51. The van der Waals surface area contributed by atoms with Crippen LogP contribution < -0.4 is 5.32 Å². The number of nitrogens with zero attached hydrogens (tertiary/aromatic N) is 1. The van der Waals surface area contributed by atoms with Crippen molar-refractivity contribution in [3.8, 4) is 0 Å². The summed E-state index contributed by atoms with van der Waals surface area (Å²) in [7, 11) is 0. The molecule has 1 fully saturated rings. The highest BCUT2D eigenvalue weighted by atomic mass is 19.1. The van der Waals surface area contributed by atoms with Crippen LogP contribution in [-0.2, 0) is 33.9 Å². The smallest absolute Gasteiger partial charge is 0.226 e. The van der Waals surface area contributed by atoms with Gasteiger partial charge in [-0.05, 0) is 31.0 Å². The standard InChI is InChI=1S/C19H23FN2O4/c1-13-17(8-19(23)21-9-15-5-6-24-11-15)22-26-18(13)12-25-10-14-3-2-4-16(20)7-14/h2-4,7,15H,5-6,8-12H2,1H3,(H,21,23). The highest BCUT2D eigenvalue weighted by molar-refractivity contribution is 5.78. The SMILES string of the molecule is Cc1c(CC(=O)NCC2CCOC2)noc1COCc1cccc(F)c1. The van der Waals surface area contributed by atoms with Gasteiger partial charge in [0.2, 0.25) is 5.91 Å². The molecule has 0 radical (unpaired) electrons. The van der Waals surface area contributed by atoms with Crippen molar-refractivity contribution in [1.29, 1.82) is 0 Å². The molecule has 1 aromatic heterocycles. The van der Waals surface area contributed by atoms with Crippen molar-refractivity contribution < 1.29 is 23.2 Å². The molecule has 1 atom stereocenters. The minimum Gasteiger partial charge on any atom is -0.381 e. The van der Waals surface area contributed by atoms with Crippen LogP contribution in [0.3, 0.4) is 0 Å². The van der Waals surface area contributed by atoms with Gasteiger partial charge in [-0.25, -0.2) is 4.39 Å². The fourth-order valence-corrected chi connectivity index (χ4v) is 2.81. The zero-order valence-electron chi connectivity index (χ0n) is 14.8. The Morgan fingerprint density at radius 3 is 3.08 bits per heavy atom. The Morgan fingerprint density at radius 2 is 2.31 bits per heavy atom. The molecular formula is C19H23FN2O4. The Balaban J connectivity index is 1.45. The van der Waals surface area contributed by atoms with E-state index in [4.69, 9.17) is 14.0 Å². The lowest BCUT2D eigenvalue weighted by Crippen LogP contribution is -2.30. The van der Waals surface area contributed by atoms with Crippen LogP contribution in [-0.4, -0.2) is 30.8 Å². The average molecular weight is 362 g/mol. The molecule has 140 valence electrons. The van der Waals surface area contributed by atoms with Crippen molar-refractivity contribution in [2.45, 2.75) is 33.0 Å². The number of benzene rings is 1. The first-order valence-electron chi connectivity index (χ1n) is 8.72. The number of ether oxygens (including phenoxy) is 2. The first-order chi connectivity index (χ1) is 12.6. The summed E-state index contributed by atoms with van der Waals surface area (Å²) in [6, 6.07) is 6.25. The van der Waals surface area contributed by atoms with Gasteiger partial charge in [0.05, 0.1) is 25.3 Å². The fraction of sp³-hybridized carbons (Fsp3) is 0.474. The van der Waals surface area contributed by atoms with Gasteiger partial charge in [0.25, 0.3) is 0 Å². The number of carbonyl (C=O) groups excluding carboxylic acids is 1. The Labute approximate surface area is 151 Å². The van der Waals surface area contributed by atoms with Gasteiger partial charge in [0.1, 0.15) is 12.4 Å². The number of hydrogen-bond acceptors (Lipinski definition) is 5. The maximum atomic E-state index is 13.1. The molecule has 0 saturated carbocycles. The fourth-order valence-electron chi connectivity index (χ4n) is 2.81. The molecule has 1 aromatic carbocycles. The molecule has 3 rings (SSSR count). The largest absolute Gasteiger partial charge is 0.381 e. The van der Waals surface area contributed by atoms with E-state index in [9.17, 15) is 9.18 Å². The maximum Gasteiger partial charge on any atom is 0.226 e. The summed E-state index contributed by atoms with van der Waals surface area (Å²) >= 11 is 0. The molecule has 2 heterocycles. The minimum atomic E-state index is -0.292. The molecule has 26 heavy (non-hydrogen) atoms. The lowest BCUT2D eigenvalue weighted by molar-refractivity contribution is -0.120. The zero-order chi connectivity index (χ0) is 18.4. The zero-order valence-corrected chi connectivity index (χ0v) is 14.8. The van der Waals surface area contributed by atoms with E-state index in [1.807, 2.05) is 6.92 Å². The maximum absolute atomic E-state index is 13.1. The Morgan fingerprint density at radius 1 is 1.42 bits per heavy atom. The van der Waals surface area contributed by atoms with Crippen LogP contribution in [0.25, 0.3) is 0 Å². The van der Waals surface area contributed by atoms with E-state index in [1.54, 1.807) is 12.1 Å². The van der Waals surface area contributed by atoms with Gasteiger partial charge in [0, 0.05) is 24.6 Å². The topological polar surface area (TPSA) is 73.6 Å². The van der Waals surface area contributed by atoms with Gasteiger partial charge in [-0.2, -0.15) is 0 Å². The predicted octanol–water partition coefficient (Wildman–Crippen LogP) is 2.53. The second kappa shape index (κ2) is 8.91. The summed E-state index contributed by atoms with van der Waals surface area (Å²) in [5.74, 6) is 0.595. The van der Waals surface area contributed by atoms with Gasteiger partial charge >= 0.3 is 0 Å². The van der Waals surface area contributed by atoms with E-state index in [1.165, 1.54) is 12.1 Å². The first-order valence-corrected chi connectivity index (χ1v) is 8.72. The molecule has 6 nitrogen and oxygen atoms in total. The molecule has 7 heteroatoms. The van der Waals surface area contributed by atoms with Gasteiger partial charge < -0.3 is 19.3 Å². The van der Waals surface area contributed by atoms with Gasteiger partial charge in [-0.3, -0.25) is 4.79 Å². The molecule has 1 amide bonds. The van der Waals surface area contributed by atoms with Crippen molar-refractivity contribution in [1.82, 2.24) is 10.5 Å². The number of amides is 1. The van der Waals surface area contributed by atoms with Crippen molar-refractivity contribution >= 4 is 5.91 Å². The molecule has 1 N–H and O–H groups in total. The minimum absolute atomic E-state index is 0.0828. The van der Waals surface area contributed by atoms with Crippen LogP contribution >= 0.6 is 0 Å². The van der Waals surface area contributed by atoms with Gasteiger partial charge in [0.15, 0.2) is 5.76 Å². The van der Waals surface area contributed by atoms with Crippen LogP contribution in [0.4, 0.5) is 4.39 Å². The highest BCUT2D eigenvalue weighted by Crippen LogP contribution is 2.16. The van der Waals surface area contributed by atoms with E-state index in [0.29, 0.717) is 30.5 Å². The van der Waals surface area contributed by atoms with Crippen molar-refractivity contribution in [2.75, 3.05) is 19.8 Å². The summed E-state index contributed by atoms with van der Waals surface area (Å²) in [5.41, 5.74) is 2.16. The normalized spacial score (nSPS) is 16.8. The Kier molecular flexibility index (Phi) is 6.35. The van der Waals surface area contributed by atoms with E-state index in [0.717, 1.165) is 24.2 Å². The Bertz CT molecular complexity index is 741. The van der Waals surface area contributed by atoms with E-state index in [-0.39, 0.29) is 31.4 Å². The lowest BCUT2D eigenvalue weighted by atomic mass is 10.1. The summed E-state index contributed by atoms with van der Waals surface area (Å²) in [6.45, 7) is 4.44. The average Bonchev–Trinajstić information content (AvgIpc) is 3.25. The van der Waals surface area contributed by atoms with E-state index in [2.05, 4.69) is 10.5 Å². The number of carbonyl (C=O) groups is 1. The van der Waals surface area contributed by atoms with Gasteiger partial charge in [-0.15, -0.1) is 0 Å². The summed E-state index contributed by atoms with van der Waals surface area (Å²) < 4.78 is 29.3. The second-order valence-corrected chi connectivity index (χ2v) is 6.51. The van der Waals surface area contributed by atoms with Crippen LogP contribution in [0, 0.1) is 18.7 Å². The van der Waals surface area contributed by atoms with Crippen LogP contribution in [0.15, 0.2) is 28.8 Å². The summed E-state index contributed by atoms with van der Waals surface area (Å²) in [4.78, 5) is 12.1. The molecule has 0 spiro atoms. The molecule has 1 aliphatic heterocycles. The predicted molar refractivity (Wildman–Crippen MR) is 91.8 cm³/mol. The molecule has 1 unspecified atom stereocenters. The quantitative estimate of drug-likeness (QED) is 0.781. The molecule has 1 saturated heterocycles. The molecule has 0 aliphatic carbocycles. The molecule has 1 aliphatic rings. The number of hydrogen-bond donors (Lipinski definition) is 1. The monoisotopic (exact) mass is 362 g/mol. The third-order valence-corrected chi connectivity index (χ3v) is 4.45. The van der Waals surface area contributed by atoms with Crippen LogP contribution in [0.1, 0.15) is 29.0 Å². The number of aromatic nitrogens is 1. The number of halogens is 1. The highest BCUT2D eigenvalue weighted by Gasteiger charge is 2.18. The van der Waals surface area contributed by atoms with Crippen molar-refractivity contribution in [2.24, 2.45) is 5.92 Å². The molecule has 0 bridgehead atoms. The lowest BCUT2D eigenvalue weighted by Gasteiger charge is -2.08. The summed E-state index contributed by atoms with van der Waals surface area (Å²) in [6.07, 6.45) is 1.16. The van der Waals surface area contributed by atoms with Crippen molar-refractivity contribution in [3.05, 3.63) is 52.7 Å². The van der Waals surface area contributed by atoms with Crippen molar-refractivity contribution in [3.63, 3.8) is 0 Å². The van der Waals surface area contributed by atoms with E-state index < -0.39 is 0 Å². The van der Waals surface area contributed by atoms with Gasteiger partial charge in [-0.1, -0.05) is 17.3 Å². The summed E-state index contributed by atoms with van der Waals surface area (Å²) in [5, 5.41) is 6.89. The first kappa shape index (κ1) is 18.5. The van der Waals surface area contributed by atoms with Crippen LogP contribution in [0.2, 0.25) is 0 Å². The third-order valence-electron chi connectivity index (χ3n) is 4.45. The third kappa shape index (κ3) is 5.12. The van der Waals surface area contributed by atoms with E-state index >= 15 is 0 Å². The number of rotatable bonds is 8. The Hall–Kier alpha value is -2.25.